The molecule has 0 radical (unpaired) electrons. The number of benzene rings is 2. The monoisotopic (exact) mass is 371 g/mol. The van der Waals surface area contributed by atoms with E-state index in [1.807, 2.05) is 31.2 Å². The van der Waals surface area contributed by atoms with Gasteiger partial charge in [0.1, 0.15) is 0 Å². The Balaban J connectivity index is 1.76. The van der Waals surface area contributed by atoms with Crippen LogP contribution in [0.1, 0.15) is 15.9 Å². The van der Waals surface area contributed by atoms with Crippen LogP contribution in [0.15, 0.2) is 60.9 Å². The van der Waals surface area contributed by atoms with Gasteiger partial charge < -0.3 is 10.6 Å². The van der Waals surface area contributed by atoms with Crippen LogP contribution >= 0.6 is 23.2 Å². The summed E-state index contributed by atoms with van der Waals surface area (Å²) >= 11 is 12.1. The van der Waals surface area contributed by atoms with E-state index in [1.54, 1.807) is 30.5 Å². The maximum Gasteiger partial charge on any atom is 0.257 e. The number of hydrogen-bond acceptors (Lipinski definition) is 3. The van der Waals surface area contributed by atoms with Gasteiger partial charge in [-0.25, -0.2) is 0 Å². The molecule has 3 rings (SSSR count). The van der Waals surface area contributed by atoms with Gasteiger partial charge in [-0.3, -0.25) is 9.78 Å². The molecule has 0 spiro atoms. The quantitative estimate of drug-likeness (QED) is 0.618. The minimum Gasteiger partial charge on any atom is -0.353 e. The van der Waals surface area contributed by atoms with Gasteiger partial charge >= 0.3 is 0 Å². The van der Waals surface area contributed by atoms with Gasteiger partial charge in [-0.2, -0.15) is 0 Å². The van der Waals surface area contributed by atoms with Crippen LogP contribution in [0.2, 0.25) is 10.0 Å². The normalized spacial score (nSPS) is 10.4. The number of anilines is 3. The molecule has 0 atom stereocenters. The van der Waals surface area contributed by atoms with Gasteiger partial charge in [0.15, 0.2) is 0 Å². The minimum atomic E-state index is -0.234. The van der Waals surface area contributed by atoms with E-state index in [9.17, 15) is 4.79 Å². The summed E-state index contributed by atoms with van der Waals surface area (Å²) < 4.78 is 0. The fraction of sp³-hybridized carbons (Fsp3) is 0.0526. The zero-order valence-electron chi connectivity index (χ0n) is 13.4. The Labute approximate surface area is 155 Å². The summed E-state index contributed by atoms with van der Waals surface area (Å²) in [6.45, 7) is 1.99. The Hall–Kier alpha value is -2.56. The molecule has 3 aromatic rings. The number of pyridine rings is 1. The molecule has 2 N–H and O–H groups in total. The molecule has 2 aromatic carbocycles. The molecule has 0 saturated heterocycles. The summed E-state index contributed by atoms with van der Waals surface area (Å²) in [7, 11) is 0. The predicted molar refractivity (Wildman–Crippen MR) is 103 cm³/mol. The van der Waals surface area contributed by atoms with Crippen LogP contribution in [-0.4, -0.2) is 10.9 Å². The molecular formula is C19H15Cl2N3O. The van der Waals surface area contributed by atoms with Crippen LogP contribution in [0.5, 0.6) is 0 Å². The molecule has 0 fully saturated rings. The fourth-order valence-corrected chi connectivity index (χ4v) is 2.67. The van der Waals surface area contributed by atoms with E-state index in [-0.39, 0.29) is 5.91 Å². The van der Waals surface area contributed by atoms with Crippen molar-refractivity contribution in [1.29, 1.82) is 0 Å². The number of aromatic nitrogens is 1. The number of rotatable bonds is 4. The molecule has 126 valence electrons. The highest BCUT2D eigenvalue weighted by molar-refractivity contribution is 6.36. The highest BCUT2D eigenvalue weighted by Gasteiger charge is 2.09. The molecule has 4 nitrogen and oxygen atoms in total. The number of carbonyl (C=O) groups excluding carboxylic acids is 1. The van der Waals surface area contributed by atoms with E-state index < -0.39 is 0 Å². The van der Waals surface area contributed by atoms with Gasteiger partial charge in [0.2, 0.25) is 0 Å². The summed E-state index contributed by atoms with van der Waals surface area (Å²) in [5.41, 5.74) is 3.64. The first-order valence-corrected chi connectivity index (χ1v) is 8.32. The van der Waals surface area contributed by atoms with Crippen molar-refractivity contribution < 1.29 is 4.79 Å². The molecule has 25 heavy (non-hydrogen) atoms. The second-order valence-corrected chi connectivity index (χ2v) is 6.38. The van der Waals surface area contributed by atoms with E-state index in [4.69, 9.17) is 23.2 Å². The summed E-state index contributed by atoms with van der Waals surface area (Å²) in [4.78, 5) is 16.5. The van der Waals surface area contributed by atoms with E-state index in [0.29, 0.717) is 27.0 Å². The third-order valence-electron chi connectivity index (χ3n) is 3.52. The number of nitrogens with one attached hydrogen (secondary N) is 2. The number of hydrogen-bond donors (Lipinski definition) is 2. The van der Waals surface area contributed by atoms with Crippen molar-refractivity contribution in [2.24, 2.45) is 0 Å². The van der Waals surface area contributed by atoms with E-state index in [0.717, 1.165) is 11.3 Å². The molecule has 0 bridgehead atoms. The van der Waals surface area contributed by atoms with Crippen molar-refractivity contribution in [2.45, 2.75) is 6.92 Å². The standard InChI is InChI=1S/C19H15Cl2N3O/c1-12-2-5-15(6-3-12)24-19(25)13-8-16(11-22-10-13)23-18-7-4-14(20)9-17(18)21/h2-11,23H,1H3,(H,24,25). The second-order valence-electron chi connectivity index (χ2n) is 5.53. The first-order valence-electron chi connectivity index (χ1n) is 7.56. The number of halogens is 2. The van der Waals surface area contributed by atoms with Crippen molar-refractivity contribution in [3.05, 3.63) is 82.1 Å². The third-order valence-corrected chi connectivity index (χ3v) is 4.07. The molecule has 1 aromatic heterocycles. The average molecular weight is 372 g/mol. The highest BCUT2D eigenvalue weighted by atomic mass is 35.5. The molecule has 0 unspecified atom stereocenters. The average Bonchev–Trinajstić information content (AvgIpc) is 2.60. The van der Waals surface area contributed by atoms with E-state index in [1.165, 1.54) is 6.20 Å². The summed E-state index contributed by atoms with van der Waals surface area (Å²) in [6, 6.07) is 14.4. The zero-order chi connectivity index (χ0) is 17.8. The topological polar surface area (TPSA) is 54.0 Å². The predicted octanol–water partition coefficient (Wildman–Crippen LogP) is 5.69. The first-order chi connectivity index (χ1) is 12.0. The molecule has 1 amide bonds. The van der Waals surface area contributed by atoms with Crippen LogP contribution in [-0.2, 0) is 0 Å². The molecule has 1 heterocycles. The summed E-state index contributed by atoms with van der Waals surface area (Å²) in [5.74, 6) is -0.234. The third kappa shape index (κ3) is 4.50. The maximum atomic E-state index is 12.4. The molecule has 6 heteroatoms. The van der Waals surface area contributed by atoms with Gasteiger partial charge in [-0.05, 0) is 43.3 Å². The van der Waals surface area contributed by atoms with Crippen molar-refractivity contribution in [3.63, 3.8) is 0 Å². The van der Waals surface area contributed by atoms with Crippen molar-refractivity contribution in [2.75, 3.05) is 10.6 Å². The lowest BCUT2D eigenvalue weighted by molar-refractivity contribution is 0.102. The lowest BCUT2D eigenvalue weighted by Gasteiger charge is -2.10. The Morgan fingerprint density at radius 3 is 2.44 bits per heavy atom. The van der Waals surface area contributed by atoms with Crippen LogP contribution in [0.4, 0.5) is 17.1 Å². The largest absolute Gasteiger partial charge is 0.353 e. The number of aryl methyl sites for hydroxylation is 1. The van der Waals surface area contributed by atoms with Gasteiger partial charge in [-0.15, -0.1) is 0 Å². The van der Waals surface area contributed by atoms with E-state index in [2.05, 4.69) is 15.6 Å². The zero-order valence-corrected chi connectivity index (χ0v) is 14.9. The lowest BCUT2D eigenvalue weighted by Crippen LogP contribution is -2.12. The van der Waals surface area contributed by atoms with Crippen LogP contribution in [0, 0.1) is 6.92 Å². The Morgan fingerprint density at radius 2 is 1.72 bits per heavy atom. The van der Waals surface area contributed by atoms with Crippen molar-refractivity contribution >= 4 is 46.2 Å². The fourth-order valence-electron chi connectivity index (χ4n) is 2.22. The van der Waals surface area contributed by atoms with Gasteiger partial charge in [0, 0.05) is 16.9 Å². The number of nitrogens with zero attached hydrogens (tertiary/aromatic N) is 1. The van der Waals surface area contributed by atoms with Crippen LogP contribution in [0.25, 0.3) is 0 Å². The van der Waals surface area contributed by atoms with Crippen LogP contribution in [0.3, 0.4) is 0 Å². The van der Waals surface area contributed by atoms with Crippen molar-refractivity contribution in [3.8, 4) is 0 Å². The second kappa shape index (κ2) is 7.55. The minimum absolute atomic E-state index is 0.234. The lowest BCUT2D eigenvalue weighted by atomic mass is 10.2. The number of amides is 1. The summed E-state index contributed by atoms with van der Waals surface area (Å²) in [5, 5.41) is 7.02. The van der Waals surface area contributed by atoms with Gasteiger partial charge in [-0.1, -0.05) is 40.9 Å². The molecule has 0 saturated carbocycles. The Morgan fingerprint density at radius 1 is 0.960 bits per heavy atom. The molecular weight excluding hydrogens is 357 g/mol. The first kappa shape index (κ1) is 17.3. The Bertz CT molecular complexity index is 911. The summed E-state index contributed by atoms with van der Waals surface area (Å²) in [6.07, 6.45) is 3.13. The highest BCUT2D eigenvalue weighted by Crippen LogP contribution is 2.28. The van der Waals surface area contributed by atoms with Gasteiger partial charge in [0.05, 0.1) is 28.2 Å². The van der Waals surface area contributed by atoms with Gasteiger partial charge in [0.25, 0.3) is 5.91 Å². The smallest absolute Gasteiger partial charge is 0.257 e. The van der Waals surface area contributed by atoms with E-state index >= 15 is 0 Å². The van der Waals surface area contributed by atoms with Crippen LogP contribution < -0.4 is 10.6 Å². The van der Waals surface area contributed by atoms with Crippen molar-refractivity contribution in [1.82, 2.24) is 4.98 Å². The number of carbonyl (C=O) groups is 1. The SMILES string of the molecule is Cc1ccc(NC(=O)c2cncc(Nc3ccc(Cl)cc3Cl)c2)cc1. The molecule has 0 aliphatic carbocycles. The Kier molecular flexibility index (Phi) is 5.22. The molecule has 0 aliphatic heterocycles. The maximum absolute atomic E-state index is 12.4. The molecule has 0 aliphatic rings.